The molecule has 0 spiro atoms. The number of hydrogen-bond acceptors (Lipinski definition) is 9. The second-order valence-electron chi connectivity index (χ2n) is 10.2. The largest absolute Gasteiger partial charge is 0.354 e. The molecule has 0 aliphatic carbocycles. The van der Waals surface area contributed by atoms with E-state index in [0.717, 1.165) is 6.92 Å². The number of carbonyl (C=O) groups is 8. The summed E-state index contributed by atoms with van der Waals surface area (Å²) >= 11 is 0. The van der Waals surface area contributed by atoms with E-state index in [1.807, 2.05) is 10.6 Å². The standard InChI is InChI=1S/C30H42N6O9/c1-20-13-28(42)36(30(20)44)12-8-4-7-11-24(38)31-15-25(39)32-17-27(41)35-23(14-22-9-5-3-6-10-22)29(43)33-16-26(40)34-19-45-18-21(2)37/h3,5-6,9-10,20,23H,4,7-8,11-19H2,1-2H3,(H,31,38)(H,32,39)(H,33,43)(H,34,40)(H,35,41)/t20?,23-/m0/s1/i16D2,18D2. The molecule has 0 saturated carbocycles. The Kier molecular flexibility index (Phi) is 13.2. The number of hydrogen-bond donors (Lipinski definition) is 5. The lowest BCUT2D eigenvalue weighted by Crippen LogP contribution is -2.52. The summed E-state index contributed by atoms with van der Waals surface area (Å²) in [7, 11) is 0. The van der Waals surface area contributed by atoms with E-state index < -0.39 is 74.2 Å². The molecule has 1 saturated heterocycles. The third kappa shape index (κ3) is 14.6. The Labute approximate surface area is 267 Å². The fraction of sp³-hybridized carbons (Fsp3) is 0.533. The number of likely N-dealkylation sites (tertiary alicyclic amines) is 1. The van der Waals surface area contributed by atoms with Gasteiger partial charge in [-0.25, -0.2) is 0 Å². The highest BCUT2D eigenvalue weighted by Crippen LogP contribution is 2.19. The molecular weight excluding hydrogens is 588 g/mol. The lowest BCUT2D eigenvalue weighted by molar-refractivity contribution is -0.139. The zero-order chi connectivity index (χ0) is 36.8. The Morgan fingerprint density at radius 1 is 0.911 bits per heavy atom. The van der Waals surface area contributed by atoms with Crippen molar-refractivity contribution in [1.29, 1.82) is 0 Å². The first-order valence-electron chi connectivity index (χ1n) is 16.4. The summed E-state index contributed by atoms with van der Waals surface area (Å²) in [6, 6.07) is 6.96. The van der Waals surface area contributed by atoms with Crippen molar-refractivity contribution >= 4 is 47.1 Å². The van der Waals surface area contributed by atoms with Gasteiger partial charge in [0.25, 0.3) is 0 Å². The Hall–Kier alpha value is -4.66. The molecule has 1 unspecified atom stereocenters. The van der Waals surface area contributed by atoms with Gasteiger partial charge in [-0.2, -0.15) is 0 Å². The second-order valence-corrected chi connectivity index (χ2v) is 10.2. The number of ether oxygens (including phenoxy) is 1. The molecule has 15 heteroatoms. The Morgan fingerprint density at radius 3 is 2.27 bits per heavy atom. The Morgan fingerprint density at radius 2 is 1.60 bits per heavy atom. The molecule has 15 nitrogen and oxygen atoms in total. The molecule has 1 aliphatic rings. The van der Waals surface area contributed by atoms with Crippen molar-refractivity contribution in [3.8, 4) is 0 Å². The van der Waals surface area contributed by atoms with Gasteiger partial charge in [-0.3, -0.25) is 43.3 Å². The first kappa shape index (κ1) is 30.4. The zero-order valence-corrected chi connectivity index (χ0v) is 25.2. The predicted molar refractivity (Wildman–Crippen MR) is 160 cm³/mol. The zero-order valence-electron chi connectivity index (χ0n) is 29.2. The van der Waals surface area contributed by atoms with Crippen LogP contribution >= 0.6 is 0 Å². The monoisotopic (exact) mass is 634 g/mol. The van der Waals surface area contributed by atoms with Gasteiger partial charge in [-0.05, 0) is 25.3 Å². The molecule has 1 fully saturated rings. The van der Waals surface area contributed by atoms with Crippen LogP contribution in [0, 0.1) is 5.92 Å². The quantitative estimate of drug-likeness (QED) is 0.0655. The van der Waals surface area contributed by atoms with E-state index in [1.165, 1.54) is 4.90 Å². The normalized spacial score (nSPS) is 16.8. The van der Waals surface area contributed by atoms with Gasteiger partial charge in [0.1, 0.15) is 19.3 Å². The molecule has 0 aromatic heterocycles. The molecule has 0 bridgehead atoms. The van der Waals surface area contributed by atoms with Crippen LogP contribution in [0.25, 0.3) is 0 Å². The highest BCUT2D eigenvalue weighted by atomic mass is 16.5. The van der Waals surface area contributed by atoms with Crippen molar-refractivity contribution in [2.45, 2.75) is 58.4 Å². The van der Waals surface area contributed by atoms with E-state index in [1.54, 1.807) is 37.3 Å². The van der Waals surface area contributed by atoms with E-state index in [2.05, 4.69) is 20.7 Å². The minimum Gasteiger partial charge on any atom is -0.354 e. The molecule has 1 heterocycles. The summed E-state index contributed by atoms with van der Waals surface area (Å²) in [6.45, 7) is -4.75. The molecular formula is C30H42N6O9. The van der Waals surface area contributed by atoms with Crippen LogP contribution in [0.2, 0.25) is 0 Å². The number of nitrogens with one attached hydrogen (secondary N) is 5. The SMILES string of the molecule is [2H]C([2H])(NC(=O)[C@H](Cc1ccccc1)NC(=O)CNC(=O)CNC(=O)CCCCCN1C(=O)CC(C)C1=O)C(=O)NCOC([2H])([2H])C(C)=O. The summed E-state index contributed by atoms with van der Waals surface area (Å²) in [5.74, 6) is -6.13. The van der Waals surface area contributed by atoms with E-state index >= 15 is 0 Å². The Bertz CT molecular complexity index is 1400. The van der Waals surface area contributed by atoms with Crippen molar-refractivity contribution in [3.05, 3.63) is 35.9 Å². The summed E-state index contributed by atoms with van der Waals surface area (Å²) in [4.78, 5) is 98.6. The maximum Gasteiger partial charge on any atom is 0.243 e. The minimum absolute atomic E-state index is 0.106. The fourth-order valence-corrected chi connectivity index (χ4v) is 4.12. The molecule has 1 aliphatic heterocycles. The van der Waals surface area contributed by atoms with E-state index in [-0.39, 0.29) is 37.0 Å². The minimum atomic E-state index is -3.04. The first-order chi connectivity index (χ1) is 22.9. The van der Waals surface area contributed by atoms with Crippen LogP contribution < -0.4 is 26.6 Å². The van der Waals surface area contributed by atoms with E-state index in [9.17, 15) is 38.4 Å². The molecule has 5 N–H and O–H groups in total. The number of amides is 7. The molecule has 7 amide bonds. The van der Waals surface area contributed by atoms with Crippen LogP contribution in [0.3, 0.4) is 0 Å². The van der Waals surface area contributed by atoms with Gasteiger partial charge in [0.15, 0.2) is 5.78 Å². The average Bonchev–Trinajstić information content (AvgIpc) is 3.27. The summed E-state index contributed by atoms with van der Waals surface area (Å²) in [5, 5.41) is 10.9. The molecule has 246 valence electrons. The highest BCUT2D eigenvalue weighted by molar-refractivity contribution is 6.03. The maximum atomic E-state index is 13.0. The van der Waals surface area contributed by atoms with Crippen LogP contribution in [-0.4, -0.2) is 97.5 Å². The third-order valence-corrected chi connectivity index (χ3v) is 6.40. The van der Waals surface area contributed by atoms with Gasteiger partial charge in [0.2, 0.25) is 41.4 Å². The number of carbonyl (C=O) groups excluding carboxylic acids is 8. The summed E-state index contributed by atoms with van der Waals surface area (Å²) < 4.78 is 35.3. The van der Waals surface area contributed by atoms with Gasteiger partial charge in [-0.15, -0.1) is 0 Å². The van der Waals surface area contributed by atoms with E-state index in [0.29, 0.717) is 31.4 Å². The number of ketones is 1. The number of benzene rings is 1. The van der Waals surface area contributed by atoms with Gasteiger partial charge in [0.05, 0.1) is 25.1 Å². The second kappa shape index (κ2) is 19.6. The molecule has 2 atom stereocenters. The topological polar surface area (TPSA) is 209 Å². The summed E-state index contributed by atoms with van der Waals surface area (Å²) in [5.41, 5.74) is 0.576. The molecule has 0 radical (unpaired) electrons. The number of rotatable bonds is 20. The summed E-state index contributed by atoms with van der Waals surface area (Å²) in [6.07, 6.45) is 1.80. The third-order valence-electron chi connectivity index (χ3n) is 6.40. The van der Waals surface area contributed by atoms with Crippen molar-refractivity contribution in [2.24, 2.45) is 5.92 Å². The number of imide groups is 1. The van der Waals surface area contributed by atoms with Crippen molar-refractivity contribution in [1.82, 2.24) is 31.5 Å². The van der Waals surface area contributed by atoms with Crippen LogP contribution in [0.5, 0.6) is 0 Å². The van der Waals surface area contributed by atoms with Crippen LogP contribution in [0.4, 0.5) is 0 Å². The smallest absolute Gasteiger partial charge is 0.243 e. The molecule has 45 heavy (non-hydrogen) atoms. The highest BCUT2D eigenvalue weighted by Gasteiger charge is 2.34. The molecule has 1 aromatic carbocycles. The van der Waals surface area contributed by atoms with Crippen molar-refractivity contribution in [3.63, 3.8) is 0 Å². The van der Waals surface area contributed by atoms with Crippen LogP contribution in [0.15, 0.2) is 30.3 Å². The van der Waals surface area contributed by atoms with Gasteiger partial charge in [0, 0.05) is 31.7 Å². The molecule has 2 rings (SSSR count). The first-order valence-corrected chi connectivity index (χ1v) is 14.4. The van der Waals surface area contributed by atoms with Crippen molar-refractivity contribution < 1.29 is 48.6 Å². The van der Waals surface area contributed by atoms with Crippen molar-refractivity contribution in [2.75, 3.05) is 39.4 Å². The van der Waals surface area contributed by atoms with Gasteiger partial charge < -0.3 is 31.3 Å². The lowest BCUT2D eigenvalue weighted by Gasteiger charge is -2.19. The fourth-order valence-electron chi connectivity index (χ4n) is 4.12. The predicted octanol–water partition coefficient (Wildman–Crippen LogP) is -1.30. The van der Waals surface area contributed by atoms with E-state index in [4.69, 9.17) is 5.48 Å². The van der Waals surface area contributed by atoms with Crippen LogP contribution in [-0.2, 0) is 49.5 Å². The number of nitrogens with zero attached hydrogens (tertiary/aromatic N) is 1. The van der Waals surface area contributed by atoms with Gasteiger partial charge in [-0.1, -0.05) is 43.7 Å². The van der Waals surface area contributed by atoms with Gasteiger partial charge >= 0.3 is 0 Å². The lowest BCUT2D eigenvalue weighted by atomic mass is 10.1. The molecule has 1 aromatic rings. The number of Topliss-reactive ketones (excluding diaryl/α,β-unsaturated/α-hetero) is 1. The Balaban J connectivity index is 1.80. The average molecular weight is 635 g/mol. The number of unbranched alkanes of at least 4 members (excludes halogenated alkanes) is 2. The maximum absolute atomic E-state index is 13.0. The van der Waals surface area contributed by atoms with Crippen LogP contribution in [0.1, 0.15) is 57.0 Å².